The molecule has 0 N–H and O–H groups in total. The molecule has 0 bridgehead atoms. The van der Waals surface area contributed by atoms with Crippen LogP contribution in [0.5, 0.6) is 0 Å². The molecule has 0 aliphatic heterocycles. The van der Waals surface area contributed by atoms with Crippen LogP contribution in [0.25, 0.3) is 38.6 Å². The lowest BCUT2D eigenvalue weighted by Gasteiger charge is -2.26. The van der Waals surface area contributed by atoms with Crippen LogP contribution in [-0.2, 0) is 10.8 Å². The van der Waals surface area contributed by atoms with Gasteiger partial charge in [-0.25, -0.2) is 0 Å². The molecule has 1 nitrogen and oxygen atoms in total. The zero-order chi connectivity index (χ0) is 28.6. The first-order valence-corrected chi connectivity index (χ1v) is 12.4. The minimum atomic E-state index is -0.135. The van der Waals surface area contributed by atoms with Crippen LogP contribution in [0, 0.1) is 13.8 Å². The highest BCUT2D eigenvalue weighted by molar-refractivity contribution is 6.17. The van der Waals surface area contributed by atoms with Gasteiger partial charge in [0.15, 0.2) is 0 Å². The van der Waals surface area contributed by atoms with Gasteiger partial charge >= 0.3 is 0 Å². The van der Waals surface area contributed by atoms with Crippen LogP contribution in [-0.4, -0.2) is 4.57 Å². The molecule has 5 aromatic rings. The molecule has 0 radical (unpaired) electrons. The molecule has 0 aliphatic carbocycles. The van der Waals surface area contributed by atoms with E-state index in [0.29, 0.717) is 11.1 Å². The Morgan fingerprint density at radius 2 is 1.31 bits per heavy atom. The van der Waals surface area contributed by atoms with Crippen LogP contribution in [0.4, 0.5) is 0 Å². The number of aromatic nitrogens is 1. The van der Waals surface area contributed by atoms with Crippen LogP contribution >= 0.6 is 0 Å². The largest absolute Gasteiger partial charge is 0.309 e. The molecule has 178 valence electrons. The Morgan fingerprint density at radius 3 is 1.94 bits per heavy atom. The van der Waals surface area contributed by atoms with Crippen molar-refractivity contribution in [1.82, 2.24) is 4.57 Å². The molecule has 1 heterocycles. The number of rotatable bonds is 2. The zero-order valence-electron chi connectivity index (χ0n) is 26.1. The van der Waals surface area contributed by atoms with Gasteiger partial charge in [-0.3, -0.25) is 0 Å². The fourth-order valence-electron chi connectivity index (χ4n) is 4.95. The van der Waals surface area contributed by atoms with Crippen LogP contribution in [0.3, 0.4) is 0 Å². The first-order chi connectivity index (χ1) is 18.1. The van der Waals surface area contributed by atoms with Crippen molar-refractivity contribution >= 4 is 21.8 Å². The van der Waals surface area contributed by atoms with Crippen molar-refractivity contribution in [1.29, 1.82) is 0 Å². The van der Waals surface area contributed by atoms with Crippen LogP contribution in [0.1, 0.15) is 69.3 Å². The molecule has 0 saturated carbocycles. The van der Waals surface area contributed by atoms with E-state index in [0.717, 1.165) is 38.6 Å². The van der Waals surface area contributed by atoms with Crippen molar-refractivity contribution in [3.8, 4) is 16.8 Å². The summed E-state index contributed by atoms with van der Waals surface area (Å²) in [5, 5.41) is 2.06. The monoisotopic (exact) mass is 463 g/mol. The van der Waals surface area contributed by atoms with E-state index in [-0.39, 0.29) is 35.0 Å². The fraction of sp³-hybridized carbons (Fsp3) is 0.294. The van der Waals surface area contributed by atoms with Gasteiger partial charge in [0, 0.05) is 16.5 Å². The summed E-state index contributed by atoms with van der Waals surface area (Å²) in [5.41, 5.74) is 8.36. The maximum absolute atomic E-state index is 8.88. The first-order valence-electron chi connectivity index (χ1n) is 14.4. The Kier molecular flexibility index (Phi) is 4.40. The quantitative estimate of drug-likeness (QED) is 0.245. The van der Waals surface area contributed by atoms with Crippen molar-refractivity contribution in [2.75, 3.05) is 0 Å². The molecule has 0 spiro atoms. The number of aryl methyl sites for hydroxylation is 1. The number of fused-ring (bicyclic) bond motifs is 3. The number of benzene rings is 4. The molecule has 0 unspecified atom stereocenters. The molecule has 35 heavy (non-hydrogen) atoms. The maximum atomic E-state index is 8.88. The summed E-state index contributed by atoms with van der Waals surface area (Å²) in [5.74, 6) is 0. The van der Waals surface area contributed by atoms with Gasteiger partial charge < -0.3 is 4.57 Å². The third-order valence-corrected chi connectivity index (χ3v) is 6.95. The van der Waals surface area contributed by atoms with Gasteiger partial charge in [0.05, 0.1) is 16.5 Å². The molecule has 0 aliphatic rings. The lowest BCUT2D eigenvalue weighted by molar-refractivity contribution is 0.568. The Morgan fingerprint density at radius 1 is 0.714 bits per heavy atom. The van der Waals surface area contributed by atoms with E-state index in [9.17, 15) is 0 Å². The maximum Gasteiger partial charge on any atom is 0.0632 e. The highest BCUT2D eigenvalue weighted by atomic mass is 15.0. The summed E-state index contributed by atoms with van der Waals surface area (Å²) in [6.07, 6.45) is 0. The van der Waals surface area contributed by atoms with E-state index in [1.54, 1.807) is 6.92 Å². The normalized spacial score (nSPS) is 14.2. The molecule has 5 rings (SSSR count). The highest BCUT2D eigenvalue weighted by Crippen LogP contribution is 2.41. The van der Waals surface area contributed by atoms with Crippen LogP contribution < -0.4 is 0 Å². The minimum absolute atomic E-state index is 0.0316. The van der Waals surface area contributed by atoms with E-state index in [4.69, 9.17) is 5.48 Å². The Balaban J connectivity index is 1.98. The summed E-state index contributed by atoms with van der Waals surface area (Å²) in [4.78, 5) is 0. The third-order valence-electron chi connectivity index (χ3n) is 6.95. The van der Waals surface area contributed by atoms with Crippen molar-refractivity contribution in [3.63, 3.8) is 0 Å². The van der Waals surface area contributed by atoms with E-state index < -0.39 is 0 Å². The average molecular weight is 464 g/mol. The number of hydrogen-bond acceptors (Lipinski definition) is 0. The zero-order valence-corrected chi connectivity index (χ0v) is 22.1. The molecule has 0 saturated heterocycles. The smallest absolute Gasteiger partial charge is 0.0632 e. The van der Waals surface area contributed by atoms with Gasteiger partial charge in [0.2, 0.25) is 0 Å². The predicted molar refractivity (Wildman–Crippen MR) is 153 cm³/mol. The highest BCUT2D eigenvalue weighted by Gasteiger charge is 2.23. The van der Waals surface area contributed by atoms with E-state index in [1.807, 2.05) is 12.1 Å². The van der Waals surface area contributed by atoms with Gasteiger partial charge in [-0.1, -0.05) is 102 Å². The van der Waals surface area contributed by atoms with Gasteiger partial charge in [-0.15, -0.1) is 0 Å². The predicted octanol–water partition coefficient (Wildman–Crippen LogP) is 9.66. The van der Waals surface area contributed by atoms with Gasteiger partial charge in [-0.05, 0) is 76.8 Å². The summed E-state index contributed by atoms with van der Waals surface area (Å²) >= 11 is 0. The molecule has 0 fully saturated rings. The SMILES string of the molecule is [2H]c1c([2H])c(C)c([2H])c(-c2cccc3c2c2c(C)cccc2n3-c2cc(C(C)(C)C)cc(C(C)(C)C)c2)c1[2H]. The average Bonchev–Trinajstić information content (AvgIpc) is 3.21. The number of hydrogen-bond donors (Lipinski definition) is 0. The standard InChI is InChI=1S/C34H37N/c1-22-12-9-14-24(18-22)28-15-11-17-30-32(28)31-23(2)13-10-16-29(31)35(30)27-20-25(33(3,4)5)19-26(21-27)34(6,7)8/h9-21H,1-8H3/i9D,12D,14D,18D. The molecule has 1 heteroatoms. The van der Waals surface area contributed by atoms with Crippen molar-refractivity contribution in [2.24, 2.45) is 0 Å². The molecule has 1 aromatic heterocycles. The van der Waals surface area contributed by atoms with E-state index >= 15 is 0 Å². The second kappa shape index (κ2) is 8.12. The Labute approximate surface area is 216 Å². The van der Waals surface area contributed by atoms with E-state index in [1.165, 1.54) is 11.1 Å². The van der Waals surface area contributed by atoms with Gasteiger partial charge in [0.1, 0.15) is 0 Å². The van der Waals surface area contributed by atoms with Crippen LogP contribution in [0.15, 0.2) is 78.8 Å². The molecule has 4 aromatic carbocycles. The lowest BCUT2D eigenvalue weighted by atomic mass is 9.80. The van der Waals surface area contributed by atoms with Crippen molar-refractivity contribution < 1.29 is 5.48 Å². The Bertz CT molecular complexity index is 1720. The topological polar surface area (TPSA) is 4.93 Å². The summed E-state index contributed by atoms with van der Waals surface area (Å²) < 4.78 is 36.6. The first kappa shape index (κ1) is 18.9. The van der Waals surface area contributed by atoms with Crippen molar-refractivity contribution in [2.45, 2.75) is 66.2 Å². The van der Waals surface area contributed by atoms with Crippen molar-refractivity contribution in [3.05, 3.63) is 101 Å². The number of nitrogens with zero attached hydrogens (tertiary/aromatic N) is 1. The molecular weight excluding hydrogens is 422 g/mol. The second-order valence-corrected chi connectivity index (χ2v) is 11.8. The summed E-state index contributed by atoms with van der Waals surface area (Å²) in [6.45, 7) is 17.3. The van der Waals surface area contributed by atoms with Gasteiger partial charge in [0.25, 0.3) is 0 Å². The molecule has 0 amide bonds. The van der Waals surface area contributed by atoms with E-state index in [2.05, 4.69) is 95.5 Å². The summed E-state index contributed by atoms with van der Waals surface area (Å²) in [7, 11) is 0. The fourth-order valence-corrected chi connectivity index (χ4v) is 4.95. The molecular formula is C34H37N. The van der Waals surface area contributed by atoms with Crippen LogP contribution in [0.2, 0.25) is 0 Å². The van der Waals surface area contributed by atoms with Gasteiger partial charge in [-0.2, -0.15) is 0 Å². The third kappa shape index (κ3) is 4.08. The molecule has 0 atom stereocenters. The lowest BCUT2D eigenvalue weighted by Crippen LogP contribution is -2.17. The summed E-state index contributed by atoms with van der Waals surface area (Å²) in [6, 6.07) is 19.2. The minimum Gasteiger partial charge on any atom is -0.309 e. The Hall–Kier alpha value is -3.32. The second-order valence-electron chi connectivity index (χ2n) is 11.8.